The third-order valence-electron chi connectivity index (χ3n) is 2.01. The first-order valence-corrected chi connectivity index (χ1v) is 5.20. The van der Waals surface area contributed by atoms with Crippen molar-refractivity contribution in [3.05, 3.63) is 0 Å². The summed E-state index contributed by atoms with van der Waals surface area (Å²) in [6.45, 7) is 5.67. The minimum atomic E-state index is -0.339. The summed E-state index contributed by atoms with van der Waals surface area (Å²) in [5.41, 5.74) is 0. The molecule has 0 fully saturated rings. The third kappa shape index (κ3) is 6.86. The van der Waals surface area contributed by atoms with E-state index in [-0.39, 0.29) is 12.0 Å². The van der Waals surface area contributed by atoms with Crippen LogP contribution in [0, 0.1) is 0 Å². The van der Waals surface area contributed by atoms with Gasteiger partial charge in [0, 0.05) is 13.6 Å². The zero-order chi connectivity index (χ0) is 11.0. The third-order valence-corrected chi connectivity index (χ3v) is 2.01. The molecular formula is C10H22N2O2. The summed E-state index contributed by atoms with van der Waals surface area (Å²) in [5, 5.41) is 12.1. The predicted octanol–water partition coefficient (Wildman–Crippen LogP) is 0.215. The molecule has 0 bridgehead atoms. The Labute approximate surface area is 86.3 Å². The van der Waals surface area contributed by atoms with E-state index in [2.05, 4.69) is 12.2 Å². The molecule has 1 unspecified atom stereocenters. The Bertz CT molecular complexity index is 160. The number of aliphatic hydroxyl groups is 1. The van der Waals surface area contributed by atoms with Crippen LogP contribution < -0.4 is 5.32 Å². The number of likely N-dealkylation sites (N-methyl/N-ethyl adjacent to an activating group) is 1. The second-order valence-electron chi connectivity index (χ2n) is 3.63. The number of amides is 1. The highest BCUT2D eigenvalue weighted by molar-refractivity contribution is 5.77. The van der Waals surface area contributed by atoms with Crippen molar-refractivity contribution in [2.45, 2.75) is 32.8 Å². The molecule has 1 atom stereocenters. The Morgan fingerprint density at radius 3 is 2.71 bits per heavy atom. The van der Waals surface area contributed by atoms with Gasteiger partial charge in [0.05, 0.1) is 12.6 Å². The fraction of sp³-hybridized carbons (Fsp3) is 0.900. The van der Waals surface area contributed by atoms with Gasteiger partial charge in [0.25, 0.3) is 0 Å². The topological polar surface area (TPSA) is 52.6 Å². The van der Waals surface area contributed by atoms with E-state index in [1.165, 1.54) is 0 Å². The zero-order valence-corrected chi connectivity index (χ0v) is 9.42. The summed E-state index contributed by atoms with van der Waals surface area (Å²) in [7, 11) is 1.76. The Morgan fingerprint density at radius 2 is 2.21 bits per heavy atom. The molecule has 0 spiro atoms. The molecule has 4 nitrogen and oxygen atoms in total. The van der Waals surface area contributed by atoms with Crippen molar-refractivity contribution in [3.63, 3.8) is 0 Å². The Hall–Kier alpha value is -0.610. The van der Waals surface area contributed by atoms with E-state index >= 15 is 0 Å². The number of nitrogens with zero attached hydrogens (tertiary/aromatic N) is 1. The van der Waals surface area contributed by atoms with Crippen LogP contribution >= 0.6 is 0 Å². The van der Waals surface area contributed by atoms with Crippen LogP contribution in [0.4, 0.5) is 0 Å². The van der Waals surface area contributed by atoms with E-state index in [0.29, 0.717) is 19.5 Å². The summed E-state index contributed by atoms with van der Waals surface area (Å²) >= 11 is 0. The van der Waals surface area contributed by atoms with Gasteiger partial charge in [-0.15, -0.1) is 0 Å². The van der Waals surface area contributed by atoms with Gasteiger partial charge >= 0.3 is 0 Å². The van der Waals surface area contributed by atoms with Crippen molar-refractivity contribution in [1.29, 1.82) is 0 Å². The highest BCUT2D eigenvalue weighted by Gasteiger charge is 2.08. The second-order valence-corrected chi connectivity index (χ2v) is 3.63. The molecule has 0 aliphatic rings. The minimum Gasteiger partial charge on any atom is -0.393 e. The van der Waals surface area contributed by atoms with Crippen molar-refractivity contribution < 1.29 is 9.90 Å². The van der Waals surface area contributed by atoms with E-state index in [1.54, 1.807) is 18.9 Å². The van der Waals surface area contributed by atoms with Crippen molar-refractivity contribution in [3.8, 4) is 0 Å². The van der Waals surface area contributed by atoms with Gasteiger partial charge in [-0.1, -0.05) is 6.92 Å². The number of rotatable bonds is 7. The number of nitrogens with one attached hydrogen (secondary N) is 1. The van der Waals surface area contributed by atoms with Crippen LogP contribution in [-0.4, -0.2) is 48.7 Å². The van der Waals surface area contributed by atoms with Gasteiger partial charge in [0.2, 0.25) is 5.91 Å². The molecule has 84 valence electrons. The monoisotopic (exact) mass is 202 g/mol. The number of carbonyl (C=O) groups is 1. The lowest BCUT2D eigenvalue weighted by molar-refractivity contribution is -0.129. The molecule has 0 saturated heterocycles. The summed E-state index contributed by atoms with van der Waals surface area (Å²) in [6, 6.07) is 0. The van der Waals surface area contributed by atoms with Gasteiger partial charge in [-0.2, -0.15) is 0 Å². The van der Waals surface area contributed by atoms with E-state index < -0.39 is 0 Å². The first-order valence-electron chi connectivity index (χ1n) is 5.20. The fourth-order valence-corrected chi connectivity index (χ4v) is 1.01. The number of hydrogen-bond donors (Lipinski definition) is 2. The summed E-state index contributed by atoms with van der Waals surface area (Å²) in [5.74, 6) is 0.0825. The van der Waals surface area contributed by atoms with Gasteiger partial charge in [-0.05, 0) is 26.3 Å². The van der Waals surface area contributed by atoms with E-state index in [0.717, 1.165) is 13.0 Å². The molecule has 0 aromatic rings. The molecule has 0 aromatic heterocycles. The average molecular weight is 202 g/mol. The van der Waals surface area contributed by atoms with Crippen molar-refractivity contribution in [2.75, 3.05) is 26.7 Å². The first-order chi connectivity index (χ1) is 6.57. The molecule has 0 heterocycles. The van der Waals surface area contributed by atoms with Crippen LogP contribution in [0.1, 0.15) is 26.7 Å². The average Bonchev–Trinajstić information content (AvgIpc) is 2.14. The largest absolute Gasteiger partial charge is 0.393 e. The Balaban J connectivity index is 3.54. The first kappa shape index (κ1) is 13.4. The fourth-order valence-electron chi connectivity index (χ4n) is 1.01. The molecule has 0 radical (unpaired) electrons. The molecule has 0 saturated carbocycles. The van der Waals surface area contributed by atoms with E-state index in [1.807, 2.05) is 0 Å². The van der Waals surface area contributed by atoms with Crippen LogP contribution in [0.5, 0.6) is 0 Å². The lowest BCUT2D eigenvalue weighted by atomic mass is 10.3. The van der Waals surface area contributed by atoms with Crippen LogP contribution in [-0.2, 0) is 4.79 Å². The smallest absolute Gasteiger partial charge is 0.236 e. The van der Waals surface area contributed by atoms with Crippen LogP contribution in [0.3, 0.4) is 0 Å². The highest BCUT2D eigenvalue weighted by Crippen LogP contribution is 1.93. The molecule has 0 aromatic carbocycles. The molecule has 1 amide bonds. The molecular weight excluding hydrogens is 180 g/mol. The maximum Gasteiger partial charge on any atom is 0.236 e. The molecule has 14 heavy (non-hydrogen) atoms. The normalized spacial score (nSPS) is 12.6. The quantitative estimate of drug-likeness (QED) is 0.580. The maximum atomic E-state index is 11.4. The lowest BCUT2D eigenvalue weighted by Gasteiger charge is -2.18. The summed E-state index contributed by atoms with van der Waals surface area (Å²) in [4.78, 5) is 13.1. The van der Waals surface area contributed by atoms with Crippen molar-refractivity contribution in [2.24, 2.45) is 0 Å². The van der Waals surface area contributed by atoms with Crippen LogP contribution in [0.15, 0.2) is 0 Å². The maximum absolute atomic E-state index is 11.4. The van der Waals surface area contributed by atoms with Crippen molar-refractivity contribution >= 4 is 5.91 Å². The molecule has 0 aliphatic carbocycles. The van der Waals surface area contributed by atoms with Gasteiger partial charge in [-0.25, -0.2) is 0 Å². The molecule has 4 heteroatoms. The zero-order valence-electron chi connectivity index (χ0n) is 9.42. The van der Waals surface area contributed by atoms with Gasteiger partial charge in [0.15, 0.2) is 0 Å². The van der Waals surface area contributed by atoms with Crippen molar-refractivity contribution in [1.82, 2.24) is 10.2 Å². The molecule has 0 aliphatic heterocycles. The molecule has 2 N–H and O–H groups in total. The minimum absolute atomic E-state index is 0.0825. The van der Waals surface area contributed by atoms with Crippen LogP contribution in [0.2, 0.25) is 0 Å². The number of hydrogen-bond acceptors (Lipinski definition) is 3. The van der Waals surface area contributed by atoms with Gasteiger partial charge in [-0.3, -0.25) is 4.79 Å². The standard InChI is InChI=1S/C10H22N2O2/c1-4-6-11-8-10(14)12(3)7-5-9(2)13/h9,11,13H,4-8H2,1-3H3. The number of aliphatic hydroxyl groups excluding tert-OH is 1. The predicted molar refractivity (Wildman–Crippen MR) is 57.1 cm³/mol. The highest BCUT2D eigenvalue weighted by atomic mass is 16.3. The molecule has 0 rings (SSSR count). The van der Waals surface area contributed by atoms with Gasteiger partial charge < -0.3 is 15.3 Å². The van der Waals surface area contributed by atoms with Crippen LogP contribution in [0.25, 0.3) is 0 Å². The summed E-state index contributed by atoms with van der Waals surface area (Å²) < 4.78 is 0. The van der Waals surface area contributed by atoms with E-state index in [4.69, 9.17) is 5.11 Å². The van der Waals surface area contributed by atoms with Gasteiger partial charge in [0.1, 0.15) is 0 Å². The second kappa shape index (κ2) is 7.76. The SMILES string of the molecule is CCCNCC(=O)N(C)CCC(C)O. The van der Waals surface area contributed by atoms with E-state index in [9.17, 15) is 4.79 Å². The number of carbonyl (C=O) groups excluding carboxylic acids is 1. The summed E-state index contributed by atoms with van der Waals surface area (Å²) in [6.07, 6.45) is 1.33. The Morgan fingerprint density at radius 1 is 1.57 bits per heavy atom. The Kier molecular flexibility index (Phi) is 7.42. The lowest BCUT2D eigenvalue weighted by Crippen LogP contribution is -2.37.